The zero-order chi connectivity index (χ0) is 10.1. The monoisotopic (exact) mass is 206 g/mol. The number of aromatic nitrogens is 2. The third-order valence-corrected chi connectivity index (χ3v) is 3.21. The Morgan fingerprint density at radius 2 is 2.29 bits per heavy atom. The zero-order valence-corrected chi connectivity index (χ0v) is 9.33. The van der Waals surface area contributed by atoms with Crippen LogP contribution in [0, 0.1) is 0 Å². The van der Waals surface area contributed by atoms with Gasteiger partial charge >= 0.3 is 0 Å². The third kappa shape index (κ3) is 1.52. The van der Waals surface area contributed by atoms with E-state index in [9.17, 15) is 0 Å². The number of rotatable bonds is 2. The van der Waals surface area contributed by atoms with Gasteiger partial charge in [0.1, 0.15) is 0 Å². The lowest BCUT2D eigenvalue weighted by atomic mass is 10.1. The lowest BCUT2D eigenvalue weighted by molar-refractivity contribution is 0.797. The Labute approximate surface area is 89.3 Å². The first-order valence-electron chi connectivity index (χ1n) is 4.82. The van der Waals surface area contributed by atoms with Gasteiger partial charge in [0.05, 0.1) is 11.7 Å². The second kappa shape index (κ2) is 3.65. The Kier molecular flexibility index (Phi) is 2.50. The summed E-state index contributed by atoms with van der Waals surface area (Å²) in [6, 6.07) is 6.41. The van der Waals surface area contributed by atoms with Gasteiger partial charge in [0.2, 0.25) is 0 Å². The maximum atomic E-state index is 4.52. The summed E-state index contributed by atoms with van der Waals surface area (Å²) in [7, 11) is 1.96. The molecule has 0 aliphatic carbocycles. The van der Waals surface area contributed by atoms with Gasteiger partial charge < -0.3 is 0 Å². The van der Waals surface area contributed by atoms with Gasteiger partial charge in [0.25, 0.3) is 0 Å². The molecule has 1 heterocycles. The highest BCUT2D eigenvalue weighted by Gasteiger charge is 2.05. The van der Waals surface area contributed by atoms with E-state index >= 15 is 0 Å². The summed E-state index contributed by atoms with van der Waals surface area (Å²) in [5, 5.41) is 5.74. The molecule has 0 aliphatic heterocycles. The van der Waals surface area contributed by atoms with Crippen molar-refractivity contribution in [1.82, 2.24) is 9.78 Å². The predicted molar refractivity (Wildman–Crippen MR) is 62.7 cm³/mol. The highest BCUT2D eigenvalue weighted by molar-refractivity contribution is 7.80. The Bertz CT molecular complexity index is 447. The highest BCUT2D eigenvalue weighted by atomic mass is 32.1. The molecule has 0 bridgehead atoms. The molecule has 1 aromatic carbocycles. The van der Waals surface area contributed by atoms with E-state index in [0.717, 1.165) is 6.42 Å². The number of fused-ring (bicyclic) bond motifs is 1. The van der Waals surface area contributed by atoms with Crippen molar-refractivity contribution in [1.29, 1.82) is 0 Å². The number of nitrogens with zero attached hydrogens (tertiary/aromatic N) is 2. The summed E-state index contributed by atoms with van der Waals surface area (Å²) in [6.45, 7) is 2.14. The van der Waals surface area contributed by atoms with E-state index in [1.807, 2.05) is 17.9 Å². The molecular weight excluding hydrogens is 192 g/mol. The minimum atomic E-state index is 0.333. The van der Waals surface area contributed by atoms with Gasteiger partial charge in [0, 0.05) is 17.7 Å². The van der Waals surface area contributed by atoms with Crippen molar-refractivity contribution in [2.24, 2.45) is 7.05 Å². The average molecular weight is 206 g/mol. The van der Waals surface area contributed by atoms with Gasteiger partial charge in [-0.2, -0.15) is 17.7 Å². The Hall–Kier alpha value is -0.960. The van der Waals surface area contributed by atoms with E-state index < -0.39 is 0 Å². The van der Waals surface area contributed by atoms with E-state index in [0.29, 0.717) is 5.25 Å². The number of hydrogen-bond donors (Lipinski definition) is 1. The molecule has 2 rings (SSSR count). The van der Waals surface area contributed by atoms with Gasteiger partial charge in [-0.05, 0) is 24.1 Å². The van der Waals surface area contributed by atoms with Crippen LogP contribution in [0.5, 0.6) is 0 Å². The molecular formula is C11H14N2S. The Morgan fingerprint density at radius 1 is 1.50 bits per heavy atom. The molecule has 2 nitrogen and oxygen atoms in total. The average Bonchev–Trinajstić information content (AvgIpc) is 2.59. The van der Waals surface area contributed by atoms with Crippen LogP contribution in [0.3, 0.4) is 0 Å². The molecule has 1 aromatic heterocycles. The van der Waals surface area contributed by atoms with E-state index in [4.69, 9.17) is 0 Å². The molecule has 74 valence electrons. The number of hydrogen-bond acceptors (Lipinski definition) is 2. The third-order valence-electron chi connectivity index (χ3n) is 2.54. The summed E-state index contributed by atoms with van der Waals surface area (Å²) in [6.07, 6.45) is 2.95. The van der Waals surface area contributed by atoms with Gasteiger partial charge in [-0.3, -0.25) is 4.68 Å². The van der Waals surface area contributed by atoms with Crippen LogP contribution in [-0.2, 0) is 7.05 Å². The molecule has 0 fully saturated rings. The van der Waals surface area contributed by atoms with Crippen molar-refractivity contribution >= 4 is 23.5 Å². The first-order chi connectivity index (χ1) is 6.72. The summed E-state index contributed by atoms with van der Waals surface area (Å²) >= 11 is 4.52. The predicted octanol–water partition coefficient (Wildman–Crippen LogP) is 2.95. The minimum absolute atomic E-state index is 0.333. The second-order valence-corrected chi connectivity index (χ2v) is 4.13. The van der Waals surface area contributed by atoms with Crippen molar-refractivity contribution < 1.29 is 0 Å². The van der Waals surface area contributed by atoms with Crippen molar-refractivity contribution in [3.63, 3.8) is 0 Å². The molecule has 0 spiro atoms. The Morgan fingerprint density at radius 3 is 3.00 bits per heavy atom. The SMILES string of the molecule is CCC(S)c1ccc2c(cnn2C)c1. The summed E-state index contributed by atoms with van der Waals surface area (Å²) in [5.74, 6) is 0. The summed E-state index contributed by atoms with van der Waals surface area (Å²) < 4.78 is 1.89. The highest BCUT2D eigenvalue weighted by Crippen LogP contribution is 2.26. The lowest BCUT2D eigenvalue weighted by Crippen LogP contribution is -1.90. The first-order valence-corrected chi connectivity index (χ1v) is 5.33. The van der Waals surface area contributed by atoms with Gasteiger partial charge in [-0.15, -0.1) is 0 Å². The fraction of sp³-hybridized carbons (Fsp3) is 0.364. The molecule has 0 amide bonds. The number of benzene rings is 1. The summed E-state index contributed by atoms with van der Waals surface area (Å²) in [5.41, 5.74) is 2.45. The molecule has 0 saturated heterocycles. The maximum Gasteiger partial charge on any atom is 0.0679 e. The van der Waals surface area contributed by atoms with Crippen LogP contribution in [0.1, 0.15) is 24.2 Å². The topological polar surface area (TPSA) is 17.8 Å². The van der Waals surface area contributed by atoms with Crippen LogP contribution < -0.4 is 0 Å². The largest absolute Gasteiger partial charge is 0.268 e. The summed E-state index contributed by atoms with van der Waals surface area (Å²) in [4.78, 5) is 0. The number of aryl methyl sites for hydroxylation is 1. The minimum Gasteiger partial charge on any atom is -0.268 e. The van der Waals surface area contributed by atoms with Crippen LogP contribution in [0.2, 0.25) is 0 Å². The molecule has 1 atom stereocenters. The van der Waals surface area contributed by atoms with E-state index in [1.165, 1.54) is 16.5 Å². The van der Waals surface area contributed by atoms with Crippen molar-refractivity contribution in [2.45, 2.75) is 18.6 Å². The molecule has 0 aliphatic rings. The maximum absolute atomic E-state index is 4.52. The van der Waals surface area contributed by atoms with Crippen LogP contribution >= 0.6 is 12.6 Å². The van der Waals surface area contributed by atoms with Crippen LogP contribution in [-0.4, -0.2) is 9.78 Å². The molecule has 0 saturated carbocycles. The molecule has 1 unspecified atom stereocenters. The van der Waals surface area contributed by atoms with Gasteiger partial charge in [-0.1, -0.05) is 13.0 Å². The lowest BCUT2D eigenvalue weighted by Gasteiger charge is -2.07. The van der Waals surface area contributed by atoms with E-state index in [2.05, 4.69) is 42.9 Å². The quantitative estimate of drug-likeness (QED) is 0.748. The second-order valence-electron chi connectivity index (χ2n) is 3.51. The molecule has 2 aromatic rings. The van der Waals surface area contributed by atoms with E-state index in [1.54, 1.807) is 0 Å². The van der Waals surface area contributed by atoms with E-state index in [-0.39, 0.29) is 0 Å². The normalized spacial score (nSPS) is 13.4. The van der Waals surface area contributed by atoms with Crippen LogP contribution in [0.4, 0.5) is 0 Å². The molecule has 0 radical (unpaired) electrons. The molecule has 0 N–H and O–H groups in total. The number of thiol groups is 1. The first kappa shape index (κ1) is 9.59. The zero-order valence-electron chi connectivity index (χ0n) is 8.44. The standard InChI is InChI=1S/C11H14N2S/c1-3-11(14)8-4-5-10-9(6-8)7-12-13(10)2/h4-7,11,14H,3H2,1-2H3. The van der Waals surface area contributed by atoms with Gasteiger partial charge in [-0.25, -0.2) is 0 Å². The molecule has 3 heteroatoms. The Balaban J connectivity index is 2.52. The van der Waals surface area contributed by atoms with Crippen molar-refractivity contribution in [3.8, 4) is 0 Å². The van der Waals surface area contributed by atoms with Gasteiger partial charge in [0.15, 0.2) is 0 Å². The molecule has 14 heavy (non-hydrogen) atoms. The van der Waals surface area contributed by atoms with Crippen LogP contribution in [0.25, 0.3) is 10.9 Å². The smallest absolute Gasteiger partial charge is 0.0679 e. The fourth-order valence-electron chi connectivity index (χ4n) is 1.63. The van der Waals surface area contributed by atoms with Crippen molar-refractivity contribution in [2.75, 3.05) is 0 Å². The van der Waals surface area contributed by atoms with Crippen LogP contribution in [0.15, 0.2) is 24.4 Å². The fourth-order valence-corrected chi connectivity index (χ4v) is 1.79. The van der Waals surface area contributed by atoms with Crippen molar-refractivity contribution in [3.05, 3.63) is 30.0 Å².